The molecular formula is C17H27N3O2S. The number of carbonyl (C=O) groups excluding carboxylic acids is 1. The number of rotatable bonds is 7. The third kappa shape index (κ3) is 5.09. The number of carbonyl (C=O) groups is 1. The Morgan fingerprint density at radius 2 is 1.87 bits per heavy atom. The molecule has 1 aromatic heterocycles. The van der Waals surface area contributed by atoms with Gasteiger partial charge in [0, 0.05) is 19.3 Å². The van der Waals surface area contributed by atoms with Crippen LogP contribution in [-0.2, 0) is 28.4 Å². The molecule has 1 aromatic rings. The van der Waals surface area contributed by atoms with Crippen molar-refractivity contribution in [3.05, 3.63) is 17.6 Å². The van der Waals surface area contributed by atoms with E-state index in [9.17, 15) is 9.00 Å². The molecule has 0 radical (unpaired) electrons. The fourth-order valence-electron chi connectivity index (χ4n) is 2.81. The molecule has 1 fully saturated rings. The van der Waals surface area contributed by atoms with Gasteiger partial charge in [-0.2, -0.15) is 0 Å². The number of aryl methyl sites for hydroxylation is 2. The molecular weight excluding hydrogens is 310 g/mol. The van der Waals surface area contributed by atoms with Crippen molar-refractivity contribution in [3.8, 4) is 0 Å². The molecule has 6 heteroatoms. The van der Waals surface area contributed by atoms with Crippen LogP contribution in [0.5, 0.6) is 0 Å². The van der Waals surface area contributed by atoms with E-state index in [2.05, 4.69) is 23.8 Å². The molecule has 1 aliphatic heterocycles. The molecule has 2 rings (SSSR count). The van der Waals surface area contributed by atoms with Crippen molar-refractivity contribution in [2.24, 2.45) is 0 Å². The van der Waals surface area contributed by atoms with Crippen LogP contribution in [0.2, 0.25) is 0 Å². The second-order valence-electron chi connectivity index (χ2n) is 6.04. The van der Waals surface area contributed by atoms with E-state index in [4.69, 9.17) is 0 Å². The van der Waals surface area contributed by atoms with Crippen LogP contribution in [0.15, 0.2) is 11.2 Å². The lowest BCUT2D eigenvalue weighted by Gasteiger charge is -2.26. The predicted molar refractivity (Wildman–Crippen MR) is 91.7 cm³/mol. The van der Waals surface area contributed by atoms with E-state index < -0.39 is 10.8 Å². The number of hydrogen-bond acceptors (Lipinski definition) is 4. The van der Waals surface area contributed by atoms with Gasteiger partial charge in [-0.05, 0) is 32.1 Å². The van der Waals surface area contributed by atoms with Gasteiger partial charge in [0.25, 0.3) is 0 Å². The Morgan fingerprint density at radius 1 is 1.17 bits per heavy atom. The first-order valence-corrected chi connectivity index (χ1v) is 9.98. The van der Waals surface area contributed by atoms with Crippen LogP contribution in [0.25, 0.3) is 0 Å². The van der Waals surface area contributed by atoms with Gasteiger partial charge in [-0.1, -0.05) is 26.7 Å². The summed E-state index contributed by atoms with van der Waals surface area (Å²) in [5, 5.41) is 0.517. The van der Waals surface area contributed by atoms with Gasteiger partial charge in [0.15, 0.2) is 0 Å². The summed E-state index contributed by atoms with van der Waals surface area (Å²) in [4.78, 5) is 23.2. The monoisotopic (exact) mass is 337 g/mol. The van der Waals surface area contributed by atoms with Gasteiger partial charge in [-0.15, -0.1) is 0 Å². The Bertz CT molecular complexity index is 557. The molecule has 1 saturated heterocycles. The lowest BCUT2D eigenvalue weighted by Crippen LogP contribution is -2.38. The van der Waals surface area contributed by atoms with Crippen molar-refractivity contribution in [3.63, 3.8) is 0 Å². The number of aromatic nitrogens is 2. The molecule has 2 heterocycles. The quantitative estimate of drug-likeness (QED) is 0.767. The fourth-order valence-corrected chi connectivity index (χ4v) is 3.99. The second kappa shape index (κ2) is 9.11. The van der Waals surface area contributed by atoms with E-state index in [0.717, 1.165) is 63.0 Å². The zero-order chi connectivity index (χ0) is 16.7. The maximum Gasteiger partial charge on any atom is 0.235 e. The third-order valence-corrected chi connectivity index (χ3v) is 5.30. The van der Waals surface area contributed by atoms with Crippen LogP contribution < -0.4 is 0 Å². The third-order valence-electron chi connectivity index (χ3n) is 4.03. The maximum atomic E-state index is 12.7. The summed E-state index contributed by atoms with van der Waals surface area (Å²) in [5.41, 5.74) is 1.64. The Labute approximate surface area is 141 Å². The average molecular weight is 337 g/mol. The van der Waals surface area contributed by atoms with E-state index in [1.165, 1.54) is 6.42 Å². The van der Waals surface area contributed by atoms with Crippen molar-refractivity contribution in [1.29, 1.82) is 0 Å². The second-order valence-corrected chi connectivity index (χ2v) is 7.41. The van der Waals surface area contributed by atoms with Crippen LogP contribution in [0.3, 0.4) is 0 Å². The highest BCUT2D eigenvalue weighted by Gasteiger charge is 2.22. The molecule has 0 spiro atoms. The lowest BCUT2D eigenvalue weighted by molar-refractivity contribution is -0.129. The Balaban J connectivity index is 2.12. The van der Waals surface area contributed by atoms with Crippen molar-refractivity contribution in [2.75, 3.05) is 18.8 Å². The molecule has 0 bridgehead atoms. The smallest absolute Gasteiger partial charge is 0.235 e. The van der Waals surface area contributed by atoms with Gasteiger partial charge < -0.3 is 4.90 Å². The van der Waals surface area contributed by atoms with E-state index in [0.29, 0.717) is 5.03 Å². The first-order valence-electron chi connectivity index (χ1n) is 8.66. The van der Waals surface area contributed by atoms with Gasteiger partial charge in [0.1, 0.15) is 10.8 Å². The highest BCUT2D eigenvalue weighted by molar-refractivity contribution is 7.85. The van der Waals surface area contributed by atoms with Crippen LogP contribution >= 0.6 is 0 Å². The largest absolute Gasteiger partial charge is 0.342 e. The predicted octanol–water partition coefficient (Wildman–Crippen LogP) is 2.50. The first kappa shape index (κ1) is 18.0. The first-order chi connectivity index (χ1) is 11.2. The van der Waals surface area contributed by atoms with Crippen LogP contribution in [-0.4, -0.2) is 43.8 Å². The summed E-state index contributed by atoms with van der Waals surface area (Å²) in [5.74, 6) is 0.00854. The molecule has 1 atom stereocenters. The van der Waals surface area contributed by atoms with Gasteiger partial charge in [-0.3, -0.25) is 14.0 Å². The van der Waals surface area contributed by atoms with Crippen LogP contribution in [0.4, 0.5) is 0 Å². The van der Waals surface area contributed by atoms with Gasteiger partial charge >= 0.3 is 0 Å². The highest BCUT2D eigenvalue weighted by Crippen LogP contribution is 2.15. The van der Waals surface area contributed by atoms with Crippen molar-refractivity contribution >= 4 is 16.7 Å². The van der Waals surface area contributed by atoms with Crippen molar-refractivity contribution < 1.29 is 9.00 Å². The number of likely N-dealkylation sites (tertiary alicyclic amines) is 1. The van der Waals surface area contributed by atoms with Crippen molar-refractivity contribution in [1.82, 2.24) is 14.9 Å². The Hall–Kier alpha value is -1.30. The minimum Gasteiger partial charge on any atom is -0.342 e. The zero-order valence-corrected chi connectivity index (χ0v) is 15.0. The SMILES string of the molecule is CCCc1cnc(CCC)c(S(=O)CC(=O)N2CCCCC2)n1. The summed E-state index contributed by atoms with van der Waals surface area (Å²) in [6, 6.07) is 0. The number of piperidine rings is 1. The van der Waals surface area contributed by atoms with Crippen molar-refractivity contribution in [2.45, 2.75) is 63.8 Å². The molecule has 0 saturated carbocycles. The van der Waals surface area contributed by atoms with E-state index in [-0.39, 0.29) is 11.7 Å². The Morgan fingerprint density at radius 3 is 2.52 bits per heavy atom. The lowest BCUT2D eigenvalue weighted by atomic mass is 10.1. The fraction of sp³-hybridized carbons (Fsp3) is 0.706. The highest BCUT2D eigenvalue weighted by atomic mass is 32.2. The van der Waals surface area contributed by atoms with Gasteiger partial charge in [-0.25, -0.2) is 4.98 Å². The minimum absolute atomic E-state index is 0.0202. The molecule has 128 valence electrons. The van der Waals surface area contributed by atoms with Crippen LogP contribution in [0, 0.1) is 0 Å². The van der Waals surface area contributed by atoms with Gasteiger partial charge in [0.2, 0.25) is 5.91 Å². The zero-order valence-electron chi connectivity index (χ0n) is 14.2. The molecule has 23 heavy (non-hydrogen) atoms. The molecule has 0 aromatic carbocycles. The molecule has 0 aliphatic carbocycles. The number of nitrogens with zero attached hydrogens (tertiary/aromatic N) is 3. The topological polar surface area (TPSA) is 63.2 Å². The molecule has 0 N–H and O–H groups in total. The van der Waals surface area contributed by atoms with E-state index in [1.807, 2.05) is 4.90 Å². The summed E-state index contributed by atoms with van der Waals surface area (Å²) >= 11 is 0. The normalized spacial score (nSPS) is 16.3. The summed E-state index contributed by atoms with van der Waals surface area (Å²) < 4.78 is 12.7. The molecule has 1 amide bonds. The average Bonchev–Trinajstić information content (AvgIpc) is 2.57. The number of hydrogen-bond donors (Lipinski definition) is 0. The summed E-state index contributed by atoms with van der Waals surface area (Å²) in [6.07, 6.45) is 8.52. The molecule has 1 unspecified atom stereocenters. The van der Waals surface area contributed by atoms with Gasteiger partial charge in [0.05, 0.1) is 22.2 Å². The minimum atomic E-state index is -1.41. The molecule has 1 aliphatic rings. The van der Waals surface area contributed by atoms with Crippen LogP contribution in [0.1, 0.15) is 57.3 Å². The Kier molecular flexibility index (Phi) is 7.15. The standard InChI is InChI=1S/C17H27N3O2S/c1-3-8-14-12-18-15(9-4-2)17(19-14)23(22)13-16(21)20-10-6-5-7-11-20/h12H,3-11,13H2,1-2H3. The van der Waals surface area contributed by atoms with E-state index in [1.54, 1.807) is 6.20 Å². The maximum absolute atomic E-state index is 12.7. The van der Waals surface area contributed by atoms with E-state index >= 15 is 0 Å². The molecule has 5 nitrogen and oxygen atoms in total. The number of amides is 1. The summed E-state index contributed by atoms with van der Waals surface area (Å²) in [6.45, 7) is 5.73. The summed E-state index contributed by atoms with van der Waals surface area (Å²) in [7, 11) is -1.41.